The lowest BCUT2D eigenvalue weighted by molar-refractivity contribution is -0.384. The van der Waals surface area contributed by atoms with Gasteiger partial charge in [-0.1, -0.05) is 6.07 Å². The minimum atomic E-state index is -0.581. The average molecular weight is 386 g/mol. The fourth-order valence-electron chi connectivity index (χ4n) is 2.83. The number of non-ortho nitro benzene ring substituents is 1. The average Bonchev–Trinajstić information content (AvgIpc) is 3.03. The summed E-state index contributed by atoms with van der Waals surface area (Å²) in [5.74, 6) is -0.543. The molecule has 1 aliphatic rings. The van der Waals surface area contributed by atoms with Crippen molar-refractivity contribution >= 4 is 34.0 Å². The Hall–Kier alpha value is -3.45. The molecule has 2 aromatic rings. The van der Waals surface area contributed by atoms with Crippen LogP contribution in [0.25, 0.3) is 0 Å². The highest BCUT2D eigenvalue weighted by Gasteiger charge is 2.28. The quantitative estimate of drug-likeness (QED) is 0.638. The summed E-state index contributed by atoms with van der Waals surface area (Å²) in [6.45, 7) is 0.720. The summed E-state index contributed by atoms with van der Waals surface area (Å²) in [6.07, 6.45) is 0.0333. The number of thiophene rings is 1. The number of carbonyl (C=O) groups excluding carboxylic acids is 2. The van der Waals surface area contributed by atoms with Crippen LogP contribution in [0.3, 0.4) is 0 Å². The van der Waals surface area contributed by atoms with Crippen LogP contribution in [-0.2, 0) is 17.7 Å². The van der Waals surface area contributed by atoms with E-state index in [0.717, 1.165) is 10.4 Å². The second-order valence-corrected chi connectivity index (χ2v) is 6.83. The highest BCUT2D eigenvalue weighted by atomic mass is 32.1. The number of carbonyl (C=O) groups is 2. The lowest BCUT2D eigenvalue weighted by Crippen LogP contribution is -2.35. The van der Waals surface area contributed by atoms with Crippen molar-refractivity contribution in [2.45, 2.75) is 13.0 Å². The molecule has 3 rings (SSSR count). The second-order valence-electron chi connectivity index (χ2n) is 5.72. The molecular weight excluding hydrogens is 372 g/mol. The molecular formula is C17H14N4O5S. The first-order valence-electron chi connectivity index (χ1n) is 7.88. The Bertz CT molecular complexity index is 978. The molecule has 138 valence electrons. The number of ether oxygens (including phenoxy) is 1. The predicted molar refractivity (Wildman–Crippen MR) is 96.6 cm³/mol. The van der Waals surface area contributed by atoms with Gasteiger partial charge in [0, 0.05) is 29.1 Å². The van der Waals surface area contributed by atoms with Gasteiger partial charge in [0.25, 0.3) is 11.6 Å². The van der Waals surface area contributed by atoms with Gasteiger partial charge in [0.1, 0.15) is 11.1 Å². The standard InChI is InChI=1S/C17H14N4O5S/c1-26-17(23)20-6-5-12-13(8-18)16(27-14(12)9-20)19-15(22)10-3-2-4-11(7-10)21(24)25/h2-4,7H,5-6,9H2,1H3,(H,19,22). The summed E-state index contributed by atoms with van der Waals surface area (Å²) in [5.41, 5.74) is 1.09. The number of rotatable bonds is 3. The van der Waals surface area contributed by atoms with Gasteiger partial charge in [-0.2, -0.15) is 5.26 Å². The first kappa shape index (κ1) is 18.3. The van der Waals surface area contributed by atoms with E-state index in [1.165, 1.54) is 47.6 Å². The number of nitrogens with zero attached hydrogens (tertiary/aromatic N) is 3. The minimum absolute atomic E-state index is 0.121. The molecule has 0 fully saturated rings. The third-order valence-corrected chi connectivity index (χ3v) is 5.28. The number of amides is 2. The Morgan fingerprint density at radius 1 is 1.44 bits per heavy atom. The molecule has 27 heavy (non-hydrogen) atoms. The van der Waals surface area contributed by atoms with Crippen molar-refractivity contribution in [1.82, 2.24) is 4.90 Å². The van der Waals surface area contributed by atoms with Crippen LogP contribution in [-0.4, -0.2) is 35.5 Å². The topological polar surface area (TPSA) is 126 Å². The molecule has 0 saturated heterocycles. The molecule has 1 aromatic heterocycles. The molecule has 2 heterocycles. The van der Waals surface area contributed by atoms with E-state index in [-0.39, 0.29) is 11.3 Å². The molecule has 10 heteroatoms. The highest BCUT2D eigenvalue weighted by molar-refractivity contribution is 7.16. The van der Waals surface area contributed by atoms with Gasteiger partial charge >= 0.3 is 6.09 Å². The van der Waals surface area contributed by atoms with Gasteiger partial charge in [-0.05, 0) is 18.1 Å². The Balaban J connectivity index is 1.86. The Kier molecular flexibility index (Phi) is 5.05. The smallest absolute Gasteiger partial charge is 0.409 e. The van der Waals surface area contributed by atoms with Crippen LogP contribution < -0.4 is 5.32 Å². The summed E-state index contributed by atoms with van der Waals surface area (Å²) < 4.78 is 4.72. The molecule has 0 unspecified atom stereocenters. The largest absolute Gasteiger partial charge is 0.453 e. The van der Waals surface area contributed by atoms with Gasteiger partial charge in [0.15, 0.2) is 0 Å². The molecule has 0 bridgehead atoms. The maximum absolute atomic E-state index is 12.5. The summed E-state index contributed by atoms with van der Waals surface area (Å²) >= 11 is 1.21. The van der Waals surface area contributed by atoms with Crippen LogP contribution in [0.15, 0.2) is 24.3 Å². The third kappa shape index (κ3) is 3.58. The molecule has 0 spiro atoms. The number of hydrogen-bond acceptors (Lipinski definition) is 7. The summed E-state index contributed by atoms with van der Waals surface area (Å²) in [5, 5.41) is 23.4. The molecule has 9 nitrogen and oxygen atoms in total. The molecule has 0 aliphatic carbocycles. The van der Waals surface area contributed by atoms with Crippen LogP contribution in [0.1, 0.15) is 26.4 Å². The number of nitrogens with one attached hydrogen (secondary N) is 1. The zero-order valence-corrected chi connectivity index (χ0v) is 15.0. The molecule has 0 saturated carbocycles. The van der Waals surface area contributed by atoms with E-state index < -0.39 is 16.9 Å². The number of fused-ring (bicyclic) bond motifs is 1. The van der Waals surface area contributed by atoms with Crippen molar-refractivity contribution in [3.63, 3.8) is 0 Å². The van der Waals surface area contributed by atoms with E-state index in [1.807, 2.05) is 0 Å². The Morgan fingerprint density at radius 3 is 2.89 bits per heavy atom. The second kappa shape index (κ2) is 7.43. The lowest BCUT2D eigenvalue weighted by Gasteiger charge is -2.25. The lowest BCUT2D eigenvalue weighted by atomic mass is 10.0. The highest BCUT2D eigenvalue weighted by Crippen LogP contribution is 2.37. The minimum Gasteiger partial charge on any atom is -0.453 e. The monoisotopic (exact) mass is 386 g/mol. The van der Waals surface area contributed by atoms with Crippen molar-refractivity contribution in [1.29, 1.82) is 5.26 Å². The third-order valence-electron chi connectivity index (χ3n) is 4.15. The number of nitriles is 1. The first-order chi connectivity index (χ1) is 12.9. The van der Waals surface area contributed by atoms with E-state index >= 15 is 0 Å². The Morgan fingerprint density at radius 2 is 2.22 bits per heavy atom. The molecule has 1 N–H and O–H groups in total. The summed E-state index contributed by atoms with van der Waals surface area (Å²) in [7, 11) is 1.30. The van der Waals surface area contributed by atoms with E-state index in [9.17, 15) is 25.0 Å². The fourth-order valence-corrected chi connectivity index (χ4v) is 4.04. The van der Waals surface area contributed by atoms with Crippen molar-refractivity contribution < 1.29 is 19.2 Å². The maximum Gasteiger partial charge on any atom is 0.409 e. The summed E-state index contributed by atoms with van der Waals surface area (Å²) in [6, 6.07) is 7.45. The van der Waals surface area contributed by atoms with Crippen LogP contribution in [0, 0.1) is 21.4 Å². The van der Waals surface area contributed by atoms with Crippen molar-refractivity contribution in [3.05, 3.63) is 55.9 Å². The van der Waals surface area contributed by atoms with Crippen LogP contribution in [0.5, 0.6) is 0 Å². The van der Waals surface area contributed by atoms with E-state index in [2.05, 4.69) is 11.4 Å². The molecule has 0 atom stereocenters. The van der Waals surface area contributed by atoms with Gasteiger partial charge in [0.2, 0.25) is 0 Å². The predicted octanol–water partition coefficient (Wildman–Crippen LogP) is 2.90. The van der Waals surface area contributed by atoms with Crippen molar-refractivity contribution in [3.8, 4) is 6.07 Å². The number of nitro benzene ring substituents is 1. The number of hydrogen-bond donors (Lipinski definition) is 1. The first-order valence-corrected chi connectivity index (χ1v) is 8.69. The fraction of sp³-hybridized carbons (Fsp3) is 0.235. The van der Waals surface area contributed by atoms with Crippen LogP contribution in [0.4, 0.5) is 15.5 Å². The van der Waals surface area contributed by atoms with Gasteiger partial charge in [0.05, 0.1) is 24.1 Å². The normalized spacial score (nSPS) is 12.7. The van der Waals surface area contributed by atoms with E-state index in [0.29, 0.717) is 30.1 Å². The molecule has 1 aromatic carbocycles. The number of nitro groups is 1. The van der Waals surface area contributed by atoms with E-state index in [4.69, 9.17) is 4.74 Å². The SMILES string of the molecule is COC(=O)N1CCc2c(sc(NC(=O)c3cccc([N+](=O)[O-])c3)c2C#N)C1. The molecule has 2 amide bonds. The van der Waals surface area contributed by atoms with Crippen LogP contribution in [0.2, 0.25) is 0 Å². The Labute approximate surface area is 157 Å². The number of anilines is 1. The maximum atomic E-state index is 12.5. The van der Waals surface area contributed by atoms with Gasteiger partial charge in [-0.15, -0.1) is 11.3 Å². The number of methoxy groups -OCH3 is 1. The van der Waals surface area contributed by atoms with Gasteiger partial charge < -0.3 is 15.0 Å². The van der Waals surface area contributed by atoms with E-state index in [1.54, 1.807) is 0 Å². The summed E-state index contributed by atoms with van der Waals surface area (Å²) in [4.78, 5) is 36.8. The van der Waals surface area contributed by atoms with Crippen molar-refractivity contribution in [2.75, 3.05) is 19.0 Å². The van der Waals surface area contributed by atoms with Gasteiger partial charge in [-0.25, -0.2) is 4.79 Å². The number of benzene rings is 1. The zero-order chi connectivity index (χ0) is 19.6. The van der Waals surface area contributed by atoms with Crippen LogP contribution >= 0.6 is 11.3 Å². The van der Waals surface area contributed by atoms with Crippen molar-refractivity contribution in [2.24, 2.45) is 0 Å². The molecule has 1 aliphatic heterocycles. The van der Waals surface area contributed by atoms with Gasteiger partial charge in [-0.3, -0.25) is 14.9 Å². The molecule has 0 radical (unpaired) electrons. The zero-order valence-electron chi connectivity index (χ0n) is 14.2.